The van der Waals surface area contributed by atoms with E-state index >= 15 is 0 Å². The van der Waals surface area contributed by atoms with Gasteiger partial charge in [-0.25, -0.2) is 9.59 Å². The van der Waals surface area contributed by atoms with Gasteiger partial charge < -0.3 is 29.8 Å². The van der Waals surface area contributed by atoms with Crippen molar-refractivity contribution in [1.29, 1.82) is 0 Å². The predicted octanol–water partition coefficient (Wildman–Crippen LogP) is 3.85. The Morgan fingerprint density at radius 1 is 1.12 bits per heavy atom. The first-order valence-electron chi connectivity index (χ1n) is 10.7. The smallest absolute Gasteiger partial charge is 0.405 e. The van der Waals surface area contributed by atoms with Crippen LogP contribution in [-0.4, -0.2) is 42.6 Å². The van der Waals surface area contributed by atoms with Crippen molar-refractivity contribution in [2.24, 2.45) is 5.73 Å². The van der Waals surface area contributed by atoms with Gasteiger partial charge in [0.25, 0.3) is 0 Å². The lowest BCUT2D eigenvalue weighted by Gasteiger charge is -2.25. The Morgan fingerprint density at radius 3 is 2.41 bits per heavy atom. The molecule has 0 bridgehead atoms. The molecular weight excluding hydrogens is 414 g/mol. The van der Waals surface area contributed by atoms with Gasteiger partial charge in [0.15, 0.2) is 11.7 Å². The second-order valence-corrected chi connectivity index (χ2v) is 7.55. The van der Waals surface area contributed by atoms with Gasteiger partial charge in [-0.15, -0.1) is 0 Å². The maximum Gasteiger partial charge on any atom is 0.405 e. The molecule has 2 aromatic carbocycles. The molecule has 0 aliphatic carbocycles. The van der Waals surface area contributed by atoms with Crippen molar-refractivity contribution < 1.29 is 33.6 Å². The Bertz CT molecular complexity index is 936. The molecule has 0 saturated carbocycles. The van der Waals surface area contributed by atoms with Crippen molar-refractivity contribution in [2.75, 3.05) is 19.8 Å². The highest BCUT2D eigenvalue weighted by Gasteiger charge is 2.43. The number of aliphatic carboxylic acids is 1. The number of rotatable bonds is 10. The van der Waals surface area contributed by atoms with Gasteiger partial charge in [0, 0.05) is 18.6 Å². The highest BCUT2D eigenvalue weighted by atomic mass is 16.6. The summed E-state index contributed by atoms with van der Waals surface area (Å²) < 4.78 is 22.4. The van der Waals surface area contributed by atoms with E-state index in [0.717, 1.165) is 5.56 Å². The van der Waals surface area contributed by atoms with E-state index in [9.17, 15) is 14.7 Å². The summed E-state index contributed by atoms with van der Waals surface area (Å²) in [5.41, 5.74) is 6.10. The number of carboxylic acid groups (broad SMARTS) is 1. The number of carbonyl (C=O) groups excluding carboxylic acids is 1. The molecule has 32 heavy (non-hydrogen) atoms. The molecule has 2 atom stereocenters. The van der Waals surface area contributed by atoms with E-state index in [4.69, 9.17) is 24.7 Å². The molecule has 2 aromatic rings. The Morgan fingerprint density at radius 2 is 1.84 bits per heavy atom. The van der Waals surface area contributed by atoms with Crippen LogP contribution in [0.2, 0.25) is 0 Å². The molecule has 3 rings (SSSR count). The molecule has 8 heteroatoms. The van der Waals surface area contributed by atoms with Gasteiger partial charge in [-0.2, -0.15) is 0 Å². The number of nitrogens with two attached hydrogens (primary N) is 1. The number of ether oxygens (including phenoxy) is 4. The lowest BCUT2D eigenvalue weighted by Crippen LogP contribution is -2.40. The number of primary amides is 1. The molecule has 1 fully saturated rings. The van der Waals surface area contributed by atoms with E-state index in [1.807, 2.05) is 13.8 Å². The molecular formula is C24H29NO7. The zero-order valence-corrected chi connectivity index (χ0v) is 18.3. The van der Waals surface area contributed by atoms with Crippen LogP contribution < -0.4 is 15.2 Å². The van der Waals surface area contributed by atoms with Gasteiger partial charge in [0.1, 0.15) is 11.5 Å². The van der Waals surface area contributed by atoms with Crippen LogP contribution in [-0.2, 0) is 20.7 Å². The van der Waals surface area contributed by atoms with E-state index in [1.165, 1.54) is 0 Å². The molecule has 0 aromatic heterocycles. The molecule has 0 radical (unpaired) electrons. The van der Waals surface area contributed by atoms with Gasteiger partial charge in [0.05, 0.1) is 13.2 Å². The average Bonchev–Trinajstić information content (AvgIpc) is 3.24. The molecule has 8 nitrogen and oxygen atoms in total. The Hall–Kier alpha value is -3.26. The van der Waals surface area contributed by atoms with E-state index in [1.54, 1.807) is 42.5 Å². The number of amides is 1. The van der Waals surface area contributed by atoms with Crippen LogP contribution in [0, 0.1) is 0 Å². The third kappa shape index (κ3) is 5.31. The molecule has 1 amide bonds. The standard InChI is InChI=1S/C24H29NO7/c1-3-29-18-9-7-17(8-10-18)21(32-23(25)28)19-14-16(6-11-20(19)30-4-2)15-24(22(26)27)12-5-13-31-24/h6-11,14,21H,3-5,12-13,15H2,1-2H3,(H2,25,28)(H,26,27). The Balaban J connectivity index is 2.02. The van der Waals surface area contributed by atoms with Crippen LogP contribution in [0.25, 0.3) is 0 Å². The molecule has 1 saturated heterocycles. The van der Waals surface area contributed by atoms with Crippen molar-refractivity contribution in [2.45, 2.75) is 44.8 Å². The van der Waals surface area contributed by atoms with E-state index < -0.39 is 23.8 Å². The summed E-state index contributed by atoms with van der Waals surface area (Å²) in [5, 5.41) is 9.76. The fourth-order valence-electron chi connectivity index (χ4n) is 3.94. The average molecular weight is 443 g/mol. The summed E-state index contributed by atoms with van der Waals surface area (Å²) in [5.74, 6) is 0.227. The lowest BCUT2D eigenvalue weighted by atomic mass is 9.89. The molecule has 172 valence electrons. The molecule has 0 spiro atoms. The number of carboxylic acids is 1. The highest BCUT2D eigenvalue weighted by molar-refractivity contribution is 5.78. The first kappa shape index (κ1) is 23.4. The lowest BCUT2D eigenvalue weighted by molar-refractivity contribution is -0.159. The van der Waals surface area contributed by atoms with Crippen molar-refractivity contribution in [3.8, 4) is 11.5 Å². The van der Waals surface area contributed by atoms with Gasteiger partial charge in [-0.05, 0) is 62.1 Å². The monoisotopic (exact) mass is 443 g/mol. The van der Waals surface area contributed by atoms with E-state index in [0.29, 0.717) is 55.3 Å². The number of hydrogen-bond donors (Lipinski definition) is 2. The predicted molar refractivity (Wildman–Crippen MR) is 117 cm³/mol. The first-order chi connectivity index (χ1) is 15.4. The van der Waals surface area contributed by atoms with Crippen molar-refractivity contribution in [3.63, 3.8) is 0 Å². The Kier molecular flexibility index (Phi) is 7.58. The van der Waals surface area contributed by atoms with Crippen LogP contribution in [0.4, 0.5) is 4.79 Å². The quantitative estimate of drug-likeness (QED) is 0.573. The SMILES string of the molecule is CCOc1ccc(C(OC(N)=O)c2cc(CC3(C(=O)O)CCCO3)ccc2OCC)cc1. The Labute approximate surface area is 187 Å². The topological polar surface area (TPSA) is 117 Å². The maximum absolute atomic E-state index is 11.9. The number of benzene rings is 2. The minimum absolute atomic E-state index is 0.189. The van der Waals surface area contributed by atoms with Crippen LogP contribution in [0.3, 0.4) is 0 Å². The minimum Gasteiger partial charge on any atom is -0.494 e. The molecule has 1 heterocycles. The summed E-state index contributed by atoms with van der Waals surface area (Å²) in [6.07, 6.45) is -0.456. The van der Waals surface area contributed by atoms with Crippen molar-refractivity contribution in [3.05, 3.63) is 59.2 Å². The summed E-state index contributed by atoms with van der Waals surface area (Å²) >= 11 is 0. The summed E-state index contributed by atoms with van der Waals surface area (Å²) in [7, 11) is 0. The first-order valence-corrected chi connectivity index (χ1v) is 10.7. The third-order valence-corrected chi connectivity index (χ3v) is 5.37. The van der Waals surface area contributed by atoms with Crippen LogP contribution >= 0.6 is 0 Å². The second-order valence-electron chi connectivity index (χ2n) is 7.55. The van der Waals surface area contributed by atoms with Crippen LogP contribution in [0.5, 0.6) is 11.5 Å². The fourth-order valence-corrected chi connectivity index (χ4v) is 3.94. The van der Waals surface area contributed by atoms with Crippen LogP contribution in [0.1, 0.15) is 49.5 Å². The van der Waals surface area contributed by atoms with Crippen LogP contribution in [0.15, 0.2) is 42.5 Å². The zero-order chi connectivity index (χ0) is 23.1. The number of carbonyl (C=O) groups is 2. The summed E-state index contributed by atoms with van der Waals surface area (Å²) in [6, 6.07) is 12.5. The zero-order valence-electron chi connectivity index (χ0n) is 18.3. The van der Waals surface area contributed by atoms with E-state index in [2.05, 4.69) is 0 Å². The minimum atomic E-state index is -1.26. The second kappa shape index (κ2) is 10.4. The van der Waals surface area contributed by atoms with Crippen molar-refractivity contribution >= 4 is 12.1 Å². The number of hydrogen-bond acceptors (Lipinski definition) is 6. The van der Waals surface area contributed by atoms with Gasteiger partial charge in [-0.1, -0.05) is 18.2 Å². The van der Waals surface area contributed by atoms with Gasteiger partial charge in [-0.3, -0.25) is 0 Å². The highest BCUT2D eigenvalue weighted by Crippen LogP contribution is 2.37. The normalized spacial score (nSPS) is 18.7. The van der Waals surface area contributed by atoms with Gasteiger partial charge >= 0.3 is 12.1 Å². The van der Waals surface area contributed by atoms with Crippen molar-refractivity contribution in [1.82, 2.24) is 0 Å². The van der Waals surface area contributed by atoms with E-state index in [-0.39, 0.29) is 6.42 Å². The molecule has 1 aliphatic rings. The molecule has 3 N–H and O–H groups in total. The molecule has 1 aliphatic heterocycles. The summed E-state index contributed by atoms with van der Waals surface area (Å²) in [6.45, 7) is 5.09. The largest absolute Gasteiger partial charge is 0.494 e. The molecule has 2 unspecified atom stereocenters. The van der Waals surface area contributed by atoms with Gasteiger partial charge in [0.2, 0.25) is 0 Å². The maximum atomic E-state index is 11.9. The summed E-state index contributed by atoms with van der Waals surface area (Å²) in [4.78, 5) is 23.7. The fraction of sp³-hybridized carbons (Fsp3) is 0.417. The third-order valence-electron chi connectivity index (χ3n) is 5.37.